The van der Waals surface area contributed by atoms with Crippen molar-refractivity contribution in [2.24, 2.45) is 0 Å². The Labute approximate surface area is 113 Å². The van der Waals surface area contributed by atoms with Crippen LogP contribution in [0.25, 0.3) is 5.69 Å². The molecule has 2 rings (SSSR count). The van der Waals surface area contributed by atoms with Crippen LogP contribution in [-0.4, -0.2) is 16.1 Å². The van der Waals surface area contributed by atoms with Gasteiger partial charge in [0.05, 0.1) is 5.69 Å². The molecule has 5 heteroatoms. The van der Waals surface area contributed by atoms with Crippen molar-refractivity contribution in [3.05, 3.63) is 52.7 Å². The number of anilines is 1. The van der Waals surface area contributed by atoms with E-state index in [1.807, 2.05) is 29.0 Å². The summed E-state index contributed by atoms with van der Waals surface area (Å²) in [6.45, 7) is 4.33. The Morgan fingerprint density at radius 1 is 1.53 bits per heavy atom. The summed E-state index contributed by atoms with van der Waals surface area (Å²) >= 11 is 9.41. The van der Waals surface area contributed by atoms with E-state index >= 15 is 0 Å². The monoisotopic (exact) mass is 311 g/mol. The van der Waals surface area contributed by atoms with Crippen molar-refractivity contribution in [3.63, 3.8) is 0 Å². The van der Waals surface area contributed by atoms with E-state index in [4.69, 9.17) is 11.6 Å². The predicted molar refractivity (Wildman–Crippen MR) is 75.0 cm³/mol. The number of rotatable bonds is 4. The topological polar surface area (TPSA) is 29.9 Å². The van der Waals surface area contributed by atoms with Gasteiger partial charge in [0.2, 0.25) is 5.95 Å². The second kappa shape index (κ2) is 5.38. The summed E-state index contributed by atoms with van der Waals surface area (Å²) in [4.78, 5) is 4.24. The van der Waals surface area contributed by atoms with E-state index in [9.17, 15) is 0 Å². The van der Waals surface area contributed by atoms with Crippen LogP contribution < -0.4 is 5.32 Å². The SMILES string of the molecule is C=CCNc1nccn1-c1ccc(Cl)cc1Br. The van der Waals surface area contributed by atoms with Gasteiger partial charge in [0.15, 0.2) is 0 Å². The molecule has 17 heavy (non-hydrogen) atoms. The molecule has 0 aliphatic rings. The molecule has 1 heterocycles. The van der Waals surface area contributed by atoms with Gasteiger partial charge in [0.1, 0.15) is 0 Å². The smallest absolute Gasteiger partial charge is 0.207 e. The molecule has 0 saturated carbocycles. The summed E-state index contributed by atoms with van der Waals surface area (Å²) in [5.41, 5.74) is 0.985. The molecule has 88 valence electrons. The molecule has 0 saturated heterocycles. The standard InChI is InChI=1S/C12H11BrClN3/c1-2-5-15-12-16-6-7-17(12)11-4-3-9(14)8-10(11)13/h2-4,6-8H,1,5H2,(H,15,16). The lowest BCUT2D eigenvalue weighted by atomic mass is 10.3. The van der Waals surface area contributed by atoms with Gasteiger partial charge in [-0.05, 0) is 34.1 Å². The minimum Gasteiger partial charge on any atom is -0.352 e. The predicted octanol–water partition coefficient (Wildman–Crippen LogP) is 3.89. The average Bonchev–Trinajstić information content (AvgIpc) is 2.74. The fourth-order valence-corrected chi connectivity index (χ4v) is 2.34. The molecule has 0 radical (unpaired) electrons. The molecular formula is C12H11BrClN3. The second-order valence-corrected chi connectivity index (χ2v) is 4.68. The number of imidazole rings is 1. The van der Waals surface area contributed by atoms with E-state index in [1.54, 1.807) is 12.3 Å². The van der Waals surface area contributed by atoms with Crippen LogP contribution in [0.1, 0.15) is 0 Å². The fourth-order valence-electron chi connectivity index (χ4n) is 1.47. The third-order valence-electron chi connectivity index (χ3n) is 2.21. The fraction of sp³-hybridized carbons (Fsp3) is 0.0833. The van der Waals surface area contributed by atoms with Crippen molar-refractivity contribution in [2.45, 2.75) is 0 Å². The Bertz CT molecular complexity index is 536. The molecule has 1 aromatic carbocycles. The molecule has 0 atom stereocenters. The van der Waals surface area contributed by atoms with Crippen LogP contribution in [-0.2, 0) is 0 Å². The first-order valence-corrected chi connectivity index (χ1v) is 6.23. The van der Waals surface area contributed by atoms with Crippen molar-refractivity contribution < 1.29 is 0 Å². The number of benzene rings is 1. The number of nitrogens with one attached hydrogen (secondary N) is 1. The Morgan fingerprint density at radius 3 is 3.06 bits per heavy atom. The molecule has 1 aromatic heterocycles. The zero-order valence-corrected chi connectivity index (χ0v) is 11.4. The molecule has 0 spiro atoms. The first kappa shape index (κ1) is 12.2. The first-order valence-electron chi connectivity index (χ1n) is 5.06. The van der Waals surface area contributed by atoms with Gasteiger partial charge >= 0.3 is 0 Å². The molecule has 0 aliphatic heterocycles. The zero-order chi connectivity index (χ0) is 12.3. The summed E-state index contributed by atoms with van der Waals surface area (Å²) < 4.78 is 2.87. The molecule has 0 bridgehead atoms. The highest BCUT2D eigenvalue weighted by molar-refractivity contribution is 9.10. The van der Waals surface area contributed by atoms with Crippen LogP contribution in [0.2, 0.25) is 5.02 Å². The maximum Gasteiger partial charge on any atom is 0.207 e. The van der Waals surface area contributed by atoms with Crippen LogP contribution >= 0.6 is 27.5 Å². The van der Waals surface area contributed by atoms with Crippen molar-refractivity contribution in [2.75, 3.05) is 11.9 Å². The average molecular weight is 313 g/mol. The number of aromatic nitrogens is 2. The highest BCUT2D eigenvalue weighted by Crippen LogP contribution is 2.26. The largest absolute Gasteiger partial charge is 0.352 e. The van der Waals surface area contributed by atoms with Crippen LogP contribution in [0.4, 0.5) is 5.95 Å². The third-order valence-corrected chi connectivity index (χ3v) is 3.08. The van der Waals surface area contributed by atoms with Gasteiger partial charge in [-0.1, -0.05) is 17.7 Å². The number of hydrogen-bond acceptors (Lipinski definition) is 2. The van der Waals surface area contributed by atoms with Gasteiger partial charge in [-0.3, -0.25) is 4.57 Å². The molecule has 1 N–H and O–H groups in total. The summed E-state index contributed by atoms with van der Waals surface area (Å²) in [5.74, 6) is 0.771. The Balaban J connectivity index is 2.38. The van der Waals surface area contributed by atoms with E-state index in [-0.39, 0.29) is 0 Å². The summed E-state index contributed by atoms with van der Waals surface area (Å²) in [6.07, 6.45) is 5.42. The van der Waals surface area contributed by atoms with Gasteiger partial charge in [-0.2, -0.15) is 0 Å². The van der Waals surface area contributed by atoms with Crippen molar-refractivity contribution in [3.8, 4) is 5.69 Å². The molecule has 0 fully saturated rings. The van der Waals surface area contributed by atoms with Crippen molar-refractivity contribution in [1.82, 2.24) is 9.55 Å². The lowest BCUT2D eigenvalue weighted by molar-refractivity contribution is 1.03. The van der Waals surface area contributed by atoms with E-state index in [1.165, 1.54) is 0 Å². The van der Waals surface area contributed by atoms with E-state index in [0.29, 0.717) is 11.6 Å². The normalized spacial score (nSPS) is 10.2. The molecule has 0 unspecified atom stereocenters. The van der Waals surface area contributed by atoms with Gasteiger partial charge < -0.3 is 5.32 Å². The van der Waals surface area contributed by atoms with Crippen LogP contribution in [0.3, 0.4) is 0 Å². The number of halogens is 2. The summed E-state index contributed by atoms with van der Waals surface area (Å²) in [7, 11) is 0. The maximum absolute atomic E-state index is 5.92. The molecule has 2 aromatic rings. The highest BCUT2D eigenvalue weighted by Gasteiger charge is 2.07. The van der Waals surface area contributed by atoms with Gasteiger partial charge in [0.25, 0.3) is 0 Å². The quantitative estimate of drug-likeness (QED) is 0.868. The number of hydrogen-bond donors (Lipinski definition) is 1. The summed E-state index contributed by atoms with van der Waals surface area (Å²) in [5, 5.41) is 3.86. The molecule has 0 aliphatic carbocycles. The lowest BCUT2D eigenvalue weighted by Gasteiger charge is -2.10. The minimum absolute atomic E-state index is 0.669. The van der Waals surface area contributed by atoms with Gasteiger partial charge in [-0.25, -0.2) is 4.98 Å². The molecule has 3 nitrogen and oxygen atoms in total. The van der Waals surface area contributed by atoms with Crippen LogP contribution in [0, 0.1) is 0 Å². The van der Waals surface area contributed by atoms with E-state index in [2.05, 4.69) is 32.8 Å². The minimum atomic E-state index is 0.669. The van der Waals surface area contributed by atoms with Crippen LogP contribution in [0.15, 0.2) is 47.7 Å². The van der Waals surface area contributed by atoms with Crippen molar-refractivity contribution in [1.29, 1.82) is 0 Å². The highest BCUT2D eigenvalue weighted by atomic mass is 79.9. The molecule has 0 amide bonds. The van der Waals surface area contributed by atoms with Gasteiger partial charge in [-0.15, -0.1) is 6.58 Å². The second-order valence-electron chi connectivity index (χ2n) is 3.39. The van der Waals surface area contributed by atoms with Crippen LogP contribution in [0.5, 0.6) is 0 Å². The Hall–Kier alpha value is -1.26. The van der Waals surface area contributed by atoms with E-state index in [0.717, 1.165) is 16.1 Å². The third kappa shape index (κ3) is 2.70. The zero-order valence-electron chi connectivity index (χ0n) is 9.03. The Kier molecular flexibility index (Phi) is 3.86. The number of nitrogens with zero attached hydrogens (tertiary/aromatic N) is 2. The maximum atomic E-state index is 5.92. The first-order chi connectivity index (χ1) is 8.22. The van der Waals surface area contributed by atoms with Gasteiger partial charge in [0, 0.05) is 28.4 Å². The van der Waals surface area contributed by atoms with Crippen molar-refractivity contribution >= 4 is 33.5 Å². The Morgan fingerprint density at radius 2 is 2.35 bits per heavy atom. The summed E-state index contributed by atoms with van der Waals surface area (Å²) in [6, 6.07) is 5.64. The van der Waals surface area contributed by atoms with E-state index < -0.39 is 0 Å². The molecular weight excluding hydrogens is 302 g/mol. The lowest BCUT2D eigenvalue weighted by Crippen LogP contribution is -2.05.